The molecule has 1 nitrogen and oxygen atoms in total. The molecule has 170 valence electrons. The van der Waals surface area contributed by atoms with Gasteiger partial charge in [-0.25, -0.2) is 4.98 Å². The van der Waals surface area contributed by atoms with E-state index in [1.807, 2.05) is 6.07 Å². The predicted molar refractivity (Wildman–Crippen MR) is 149 cm³/mol. The Morgan fingerprint density at radius 2 is 1.31 bits per heavy atom. The highest BCUT2D eigenvalue weighted by atomic mass is 14.7. The van der Waals surface area contributed by atoms with E-state index in [-0.39, 0.29) is 5.41 Å². The number of rotatable bonds is 5. The fourth-order valence-corrected chi connectivity index (χ4v) is 5.77. The summed E-state index contributed by atoms with van der Waals surface area (Å²) in [5.74, 6) is 0. The van der Waals surface area contributed by atoms with Crippen LogP contribution in [0, 0.1) is 0 Å². The maximum atomic E-state index is 4.83. The van der Waals surface area contributed by atoms with Gasteiger partial charge in [-0.15, -0.1) is 0 Å². The average Bonchev–Trinajstić information content (AvgIpc) is 3.21. The van der Waals surface area contributed by atoms with Crippen molar-refractivity contribution in [2.24, 2.45) is 0 Å². The topological polar surface area (TPSA) is 12.9 Å². The quantitative estimate of drug-likeness (QED) is 0.243. The van der Waals surface area contributed by atoms with Gasteiger partial charge in [0.15, 0.2) is 0 Å². The first-order valence-electron chi connectivity index (χ1n) is 12.6. The molecule has 4 aromatic carbocycles. The molecule has 0 atom stereocenters. The van der Waals surface area contributed by atoms with Crippen LogP contribution in [0.3, 0.4) is 0 Å². The summed E-state index contributed by atoms with van der Waals surface area (Å²) in [6, 6.07) is 37.1. The molecule has 1 aliphatic carbocycles. The van der Waals surface area contributed by atoms with Crippen LogP contribution < -0.4 is 0 Å². The van der Waals surface area contributed by atoms with Gasteiger partial charge in [-0.2, -0.15) is 0 Å². The zero-order valence-electron chi connectivity index (χ0n) is 20.3. The van der Waals surface area contributed by atoms with Crippen LogP contribution in [0.25, 0.3) is 45.4 Å². The number of para-hydroxylation sites is 1. The van der Waals surface area contributed by atoms with Crippen LogP contribution in [0.4, 0.5) is 0 Å². The van der Waals surface area contributed by atoms with Gasteiger partial charge in [-0.1, -0.05) is 117 Å². The molecule has 0 fully saturated rings. The summed E-state index contributed by atoms with van der Waals surface area (Å²) in [6.45, 7) is 4.65. The molecule has 5 aromatic rings. The summed E-state index contributed by atoms with van der Waals surface area (Å²) in [5, 5.41) is 1.17. The van der Waals surface area contributed by atoms with Gasteiger partial charge in [0.2, 0.25) is 0 Å². The second kappa shape index (κ2) is 8.67. The molecule has 1 aliphatic rings. The third-order valence-electron chi connectivity index (χ3n) is 7.77. The molecule has 0 unspecified atom stereocenters. The highest BCUT2D eigenvalue weighted by Crippen LogP contribution is 2.52. The van der Waals surface area contributed by atoms with E-state index in [1.165, 1.54) is 38.8 Å². The summed E-state index contributed by atoms with van der Waals surface area (Å²) >= 11 is 0. The van der Waals surface area contributed by atoms with Crippen molar-refractivity contribution >= 4 is 23.1 Å². The van der Waals surface area contributed by atoms with Gasteiger partial charge in [0.25, 0.3) is 0 Å². The van der Waals surface area contributed by atoms with Crippen molar-refractivity contribution in [3.05, 3.63) is 125 Å². The Kier molecular flexibility index (Phi) is 5.34. The van der Waals surface area contributed by atoms with Crippen LogP contribution in [0.2, 0.25) is 0 Å². The number of nitrogens with zero attached hydrogens (tertiary/aromatic N) is 1. The van der Waals surface area contributed by atoms with Crippen molar-refractivity contribution in [2.45, 2.75) is 32.1 Å². The lowest BCUT2D eigenvalue weighted by Gasteiger charge is -2.29. The zero-order chi connectivity index (χ0) is 23.8. The number of fused-ring (bicyclic) bond motifs is 4. The number of aromatic nitrogens is 1. The van der Waals surface area contributed by atoms with Crippen molar-refractivity contribution in [3.63, 3.8) is 0 Å². The van der Waals surface area contributed by atoms with E-state index in [0.717, 1.165) is 29.6 Å². The summed E-state index contributed by atoms with van der Waals surface area (Å²) in [4.78, 5) is 4.83. The number of hydrogen-bond donors (Lipinski definition) is 0. The number of hydrogen-bond acceptors (Lipinski definition) is 1. The molecule has 0 amide bonds. The molecular weight excluding hydrogens is 422 g/mol. The van der Waals surface area contributed by atoms with E-state index in [1.54, 1.807) is 0 Å². The standard InChI is InChI=1S/C34H29N/c1-3-34(4-2)30-11-7-6-10-28(30)29-21-17-25(23-31(29)34)14-13-24-15-18-27(19-16-24)33-22-20-26-9-5-8-12-32(26)35-33/h5-23H,3-4H2,1-2H3/b14-13+. The summed E-state index contributed by atoms with van der Waals surface area (Å²) in [6.07, 6.45) is 6.68. The normalized spacial score (nSPS) is 13.8. The Morgan fingerprint density at radius 1 is 0.629 bits per heavy atom. The molecule has 0 saturated carbocycles. The predicted octanol–water partition coefficient (Wildman–Crippen LogP) is 9.16. The van der Waals surface area contributed by atoms with Gasteiger partial charge in [0.1, 0.15) is 0 Å². The number of benzene rings is 4. The molecule has 0 radical (unpaired) electrons. The summed E-state index contributed by atoms with van der Waals surface area (Å²) in [7, 11) is 0. The lowest BCUT2D eigenvalue weighted by molar-refractivity contribution is 0.490. The molecular formula is C34H29N. The molecule has 1 aromatic heterocycles. The fraction of sp³-hybridized carbons (Fsp3) is 0.147. The minimum atomic E-state index is 0.115. The highest BCUT2D eigenvalue weighted by molar-refractivity contribution is 5.84. The van der Waals surface area contributed by atoms with E-state index in [4.69, 9.17) is 4.98 Å². The lowest BCUT2D eigenvalue weighted by Crippen LogP contribution is -2.23. The van der Waals surface area contributed by atoms with Crippen LogP contribution >= 0.6 is 0 Å². The van der Waals surface area contributed by atoms with Crippen LogP contribution in [-0.4, -0.2) is 4.98 Å². The maximum absolute atomic E-state index is 4.83. The van der Waals surface area contributed by atoms with Crippen LogP contribution in [0.15, 0.2) is 103 Å². The maximum Gasteiger partial charge on any atom is 0.0709 e. The van der Waals surface area contributed by atoms with Gasteiger partial charge in [-0.05, 0) is 58.4 Å². The second-order valence-electron chi connectivity index (χ2n) is 9.48. The fourth-order valence-electron chi connectivity index (χ4n) is 5.77. The Hall–Kier alpha value is -3.97. The van der Waals surface area contributed by atoms with E-state index in [9.17, 15) is 0 Å². The molecule has 0 aliphatic heterocycles. The SMILES string of the molecule is CCC1(CC)c2ccccc2-c2ccc(/C=C/c3ccc(-c4ccc5ccccc5n4)cc3)cc21. The molecule has 0 spiro atoms. The third kappa shape index (κ3) is 3.59. The molecule has 35 heavy (non-hydrogen) atoms. The lowest BCUT2D eigenvalue weighted by atomic mass is 9.73. The Bertz CT molecular complexity index is 1550. The number of pyridine rings is 1. The van der Waals surface area contributed by atoms with Gasteiger partial charge in [0.05, 0.1) is 11.2 Å². The van der Waals surface area contributed by atoms with E-state index >= 15 is 0 Å². The average molecular weight is 452 g/mol. The molecule has 0 N–H and O–H groups in total. The highest BCUT2D eigenvalue weighted by Gasteiger charge is 2.40. The molecule has 1 heteroatoms. The summed E-state index contributed by atoms with van der Waals surface area (Å²) in [5.41, 5.74) is 11.5. The van der Waals surface area contributed by atoms with E-state index in [0.29, 0.717) is 0 Å². The Balaban J connectivity index is 1.28. The first-order valence-corrected chi connectivity index (χ1v) is 12.6. The van der Waals surface area contributed by atoms with Crippen molar-refractivity contribution < 1.29 is 0 Å². The van der Waals surface area contributed by atoms with Crippen LogP contribution in [0.5, 0.6) is 0 Å². The Morgan fingerprint density at radius 3 is 2.14 bits per heavy atom. The van der Waals surface area contributed by atoms with Crippen LogP contribution in [0.1, 0.15) is 48.9 Å². The van der Waals surface area contributed by atoms with Crippen LogP contribution in [-0.2, 0) is 5.41 Å². The third-order valence-corrected chi connectivity index (χ3v) is 7.77. The molecule has 0 saturated heterocycles. The van der Waals surface area contributed by atoms with Gasteiger partial charge in [-0.3, -0.25) is 0 Å². The molecule has 6 rings (SSSR count). The first-order chi connectivity index (χ1) is 17.2. The van der Waals surface area contributed by atoms with E-state index < -0.39 is 0 Å². The van der Waals surface area contributed by atoms with Crippen molar-refractivity contribution in [2.75, 3.05) is 0 Å². The minimum absolute atomic E-state index is 0.115. The van der Waals surface area contributed by atoms with Crippen molar-refractivity contribution in [1.82, 2.24) is 4.98 Å². The second-order valence-corrected chi connectivity index (χ2v) is 9.48. The largest absolute Gasteiger partial charge is 0.248 e. The zero-order valence-corrected chi connectivity index (χ0v) is 20.3. The van der Waals surface area contributed by atoms with E-state index in [2.05, 4.69) is 123 Å². The molecule has 1 heterocycles. The summed E-state index contributed by atoms with van der Waals surface area (Å²) < 4.78 is 0. The first kappa shape index (κ1) is 21.6. The smallest absolute Gasteiger partial charge is 0.0709 e. The Labute approximate surface area is 207 Å². The van der Waals surface area contributed by atoms with Gasteiger partial charge in [0, 0.05) is 16.4 Å². The van der Waals surface area contributed by atoms with Crippen molar-refractivity contribution in [1.29, 1.82) is 0 Å². The van der Waals surface area contributed by atoms with Gasteiger partial charge < -0.3 is 0 Å². The van der Waals surface area contributed by atoms with Gasteiger partial charge >= 0.3 is 0 Å². The molecule has 0 bridgehead atoms. The monoisotopic (exact) mass is 451 g/mol. The van der Waals surface area contributed by atoms with Crippen molar-refractivity contribution in [3.8, 4) is 22.4 Å². The minimum Gasteiger partial charge on any atom is -0.248 e.